The highest BCUT2D eigenvalue weighted by Crippen LogP contribution is 2.13. The van der Waals surface area contributed by atoms with E-state index in [1.807, 2.05) is 29.0 Å². The molecule has 0 saturated carbocycles. The Hall–Kier alpha value is -2.14. The summed E-state index contributed by atoms with van der Waals surface area (Å²) in [4.78, 5) is 11.8. The number of anilines is 1. The Balaban J connectivity index is 2.05. The maximum absolute atomic E-state index is 11.8. The van der Waals surface area contributed by atoms with Gasteiger partial charge in [0.1, 0.15) is 0 Å². The Labute approximate surface area is 115 Å². The third kappa shape index (κ3) is 3.66. The molecule has 1 amide bonds. The van der Waals surface area contributed by atoms with Crippen molar-refractivity contribution in [1.82, 2.24) is 0 Å². The zero-order valence-corrected chi connectivity index (χ0v) is 11.3. The number of rotatable bonds is 4. The Morgan fingerprint density at radius 2 is 2.26 bits per heavy atom. The van der Waals surface area contributed by atoms with Crippen molar-refractivity contribution in [2.24, 2.45) is 5.16 Å². The lowest BCUT2D eigenvalue weighted by Gasteiger charge is -2.06. The van der Waals surface area contributed by atoms with Crippen LogP contribution in [0.25, 0.3) is 0 Å². The number of oxime groups is 1. The molecule has 2 N–H and O–H groups in total. The zero-order valence-electron chi connectivity index (χ0n) is 10.5. The van der Waals surface area contributed by atoms with Gasteiger partial charge in [-0.3, -0.25) is 4.79 Å². The Morgan fingerprint density at radius 3 is 2.95 bits per heavy atom. The van der Waals surface area contributed by atoms with Gasteiger partial charge in [-0.2, -0.15) is 11.3 Å². The molecule has 0 fully saturated rings. The number of carbonyl (C=O) groups is 1. The van der Waals surface area contributed by atoms with Crippen LogP contribution in [0.2, 0.25) is 0 Å². The number of hydrogen-bond acceptors (Lipinski definition) is 4. The van der Waals surface area contributed by atoms with Crippen LogP contribution in [-0.2, 0) is 11.2 Å². The summed E-state index contributed by atoms with van der Waals surface area (Å²) in [5.41, 5.74) is 2.98. The van der Waals surface area contributed by atoms with E-state index >= 15 is 0 Å². The van der Waals surface area contributed by atoms with Crippen LogP contribution in [0.4, 0.5) is 5.69 Å². The monoisotopic (exact) mass is 274 g/mol. The van der Waals surface area contributed by atoms with Gasteiger partial charge in [0, 0.05) is 11.3 Å². The van der Waals surface area contributed by atoms with Gasteiger partial charge in [-0.1, -0.05) is 17.3 Å². The molecule has 1 aromatic carbocycles. The van der Waals surface area contributed by atoms with Crippen LogP contribution >= 0.6 is 11.3 Å². The lowest BCUT2D eigenvalue weighted by molar-refractivity contribution is -0.115. The van der Waals surface area contributed by atoms with Crippen LogP contribution in [0.5, 0.6) is 0 Å². The van der Waals surface area contributed by atoms with E-state index in [2.05, 4.69) is 10.5 Å². The fraction of sp³-hybridized carbons (Fsp3) is 0.143. The number of carbonyl (C=O) groups excluding carboxylic acids is 1. The molecule has 0 aliphatic carbocycles. The standard InChI is InChI=1S/C14H14N2O2S/c1-10(16-18)12-3-2-4-13(8-12)15-14(17)7-11-5-6-19-9-11/h2-6,8-9,18H,7H2,1H3,(H,15,17)/b16-10+. The normalized spacial score (nSPS) is 11.3. The fourth-order valence-corrected chi connectivity index (χ4v) is 2.33. The molecule has 0 atom stereocenters. The summed E-state index contributed by atoms with van der Waals surface area (Å²) in [7, 11) is 0. The van der Waals surface area contributed by atoms with Crippen LogP contribution in [0.3, 0.4) is 0 Å². The van der Waals surface area contributed by atoms with E-state index in [0.717, 1.165) is 11.1 Å². The Kier molecular flexibility index (Phi) is 4.30. The molecule has 0 saturated heterocycles. The molecular formula is C14H14N2O2S. The zero-order chi connectivity index (χ0) is 13.7. The van der Waals surface area contributed by atoms with Gasteiger partial charge in [-0.05, 0) is 41.4 Å². The molecule has 5 heteroatoms. The molecule has 0 aliphatic rings. The van der Waals surface area contributed by atoms with E-state index in [1.54, 1.807) is 30.4 Å². The molecule has 2 rings (SSSR count). The van der Waals surface area contributed by atoms with E-state index in [-0.39, 0.29) is 5.91 Å². The Bertz CT molecular complexity index is 591. The van der Waals surface area contributed by atoms with E-state index < -0.39 is 0 Å². The summed E-state index contributed by atoms with van der Waals surface area (Å²) in [6.45, 7) is 1.70. The lowest BCUT2D eigenvalue weighted by atomic mass is 10.1. The van der Waals surface area contributed by atoms with Gasteiger partial charge in [0.05, 0.1) is 12.1 Å². The van der Waals surface area contributed by atoms with Gasteiger partial charge in [0.2, 0.25) is 5.91 Å². The maximum atomic E-state index is 11.8. The molecule has 2 aromatic rings. The second-order valence-electron chi connectivity index (χ2n) is 4.12. The van der Waals surface area contributed by atoms with Crippen molar-refractivity contribution in [3.63, 3.8) is 0 Å². The summed E-state index contributed by atoms with van der Waals surface area (Å²) >= 11 is 1.57. The van der Waals surface area contributed by atoms with Crippen LogP contribution in [-0.4, -0.2) is 16.8 Å². The summed E-state index contributed by atoms with van der Waals surface area (Å²) in [5, 5.41) is 18.6. The minimum Gasteiger partial charge on any atom is -0.411 e. The SMILES string of the molecule is C/C(=N\O)c1cccc(NC(=O)Cc2ccsc2)c1. The summed E-state index contributed by atoms with van der Waals surface area (Å²) in [6.07, 6.45) is 0.362. The van der Waals surface area contributed by atoms with E-state index in [0.29, 0.717) is 17.8 Å². The third-order valence-corrected chi connectivity index (χ3v) is 3.39. The number of nitrogens with one attached hydrogen (secondary N) is 1. The molecular weight excluding hydrogens is 260 g/mol. The Morgan fingerprint density at radius 1 is 1.42 bits per heavy atom. The predicted octanol–water partition coefficient (Wildman–Crippen LogP) is 3.13. The molecule has 4 nitrogen and oxygen atoms in total. The van der Waals surface area contributed by atoms with Gasteiger partial charge >= 0.3 is 0 Å². The van der Waals surface area contributed by atoms with Gasteiger partial charge < -0.3 is 10.5 Å². The highest BCUT2D eigenvalue weighted by molar-refractivity contribution is 7.08. The minimum atomic E-state index is -0.0610. The highest BCUT2D eigenvalue weighted by Gasteiger charge is 2.05. The van der Waals surface area contributed by atoms with Crippen molar-refractivity contribution in [1.29, 1.82) is 0 Å². The number of thiophene rings is 1. The molecule has 19 heavy (non-hydrogen) atoms. The number of nitrogens with zero attached hydrogens (tertiary/aromatic N) is 1. The smallest absolute Gasteiger partial charge is 0.228 e. The minimum absolute atomic E-state index is 0.0610. The fourth-order valence-electron chi connectivity index (χ4n) is 1.66. The number of amides is 1. The van der Waals surface area contributed by atoms with E-state index in [9.17, 15) is 4.79 Å². The molecule has 0 spiro atoms. The first-order chi connectivity index (χ1) is 9.19. The van der Waals surface area contributed by atoms with Gasteiger partial charge in [-0.15, -0.1) is 0 Å². The molecule has 1 aromatic heterocycles. The van der Waals surface area contributed by atoms with E-state index in [4.69, 9.17) is 5.21 Å². The first-order valence-corrected chi connectivity index (χ1v) is 6.73. The van der Waals surface area contributed by atoms with Crippen LogP contribution in [0.1, 0.15) is 18.1 Å². The van der Waals surface area contributed by atoms with E-state index in [1.165, 1.54) is 0 Å². The molecule has 98 valence electrons. The largest absolute Gasteiger partial charge is 0.411 e. The first-order valence-electron chi connectivity index (χ1n) is 5.79. The first kappa shape index (κ1) is 13.3. The van der Waals surface area contributed by atoms with Crippen LogP contribution in [0.15, 0.2) is 46.2 Å². The van der Waals surface area contributed by atoms with Crippen molar-refractivity contribution in [3.05, 3.63) is 52.2 Å². The summed E-state index contributed by atoms with van der Waals surface area (Å²) in [6, 6.07) is 9.15. The van der Waals surface area contributed by atoms with Crippen molar-refractivity contribution in [2.45, 2.75) is 13.3 Å². The van der Waals surface area contributed by atoms with Gasteiger partial charge in [0.25, 0.3) is 0 Å². The molecule has 1 heterocycles. The lowest BCUT2D eigenvalue weighted by Crippen LogP contribution is -2.14. The second kappa shape index (κ2) is 6.15. The molecule has 0 radical (unpaired) electrons. The number of benzene rings is 1. The van der Waals surface area contributed by atoms with Gasteiger partial charge in [-0.25, -0.2) is 0 Å². The van der Waals surface area contributed by atoms with Gasteiger partial charge in [0.15, 0.2) is 0 Å². The van der Waals surface area contributed by atoms with Crippen molar-refractivity contribution >= 4 is 28.6 Å². The van der Waals surface area contributed by atoms with Crippen molar-refractivity contribution in [2.75, 3.05) is 5.32 Å². The average Bonchev–Trinajstić information content (AvgIpc) is 2.90. The summed E-state index contributed by atoms with van der Waals surface area (Å²) in [5.74, 6) is -0.0610. The third-order valence-electron chi connectivity index (χ3n) is 2.66. The number of hydrogen-bond donors (Lipinski definition) is 2. The molecule has 0 unspecified atom stereocenters. The highest BCUT2D eigenvalue weighted by atomic mass is 32.1. The summed E-state index contributed by atoms with van der Waals surface area (Å²) < 4.78 is 0. The second-order valence-corrected chi connectivity index (χ2v) is 4.90. The quantitative estimate of drug-likeness (QED) is 0.511. The van der Waals surface area contributed by atoms with Crippen LogP contribution in [0, 0.1) is 0 Å². The maximum Gasteiger partial charge on any atom is 0.228 e. The van der Waals surface area contributed by atoms with Crippen molar-refractivity contribution < 1.29 is 10.0 Å². The molecule has 0 bridgehead atoms. The topological polar surface area (TPSA) is 61.7 Å². The predicted molar refractivity (Wildman–Crippen MR) is 77.1 cm³/mol. The molecule has 0 aliphatic heterocycles. The van der Waals surface area contributed by atoms with Crippen molar-refractivity contribution in [3.8, 4) is 0 Å². The average molecular weight is 274 g/mol. The van der Waals surface area contributed by atoms with Crippen LogP contribution < -0.4 is 5.32 Å².